The lowest BCUT2D eigenvalue weighted by atomic mass is 10.1. The van der Waals surface area contributed by atoms with Gasteiger partial charge in [-0.1, -0.05) is 28.1 Å². The summed E-state index contributed by atoms with van der Waals surface area (Å²) in [5.41, 5.74) is 8.06. The zero-order valence-electron chi connectivity index (χ0n) is 10.6. The number of nitrogens with two attached hydrogens (primary N) is 1. The Morgan fingerprint density at radius 1 is 1.30 bits per heavy atom. The maximum Gasteiger partial charge on any atom is 0.228 e. The number of amides is 1. The van der Waals surface area contributed by atoms with E-state index in [1.54, 1.807) is 12.1 Å². The molecule has 0 fully saturated rings. The van der Waals surface area contributed by atoms with Crippen LogP contribution in [-0.2, 0) is 11.2 Å². The minimum Gasteiger partial charge on any atom is -0.397 e. The highest BCUT2D eigenvalue weighted by molar-refractivity contribution is 9.10. The molecule has 0 unspecified atom stereocenters. The zero-order valence-corrected chi connectivity index (χ0v) is 12.1. The van der Waals surface area contributed by atoms with E-state index in [-0.39, 0.29) is 12.3 Å². The number of nitriles is 1. The van der Waals surface area contributed by atoms with Gasteiger partial charge >= 0.3 is 0 Å². The monoisotopic (exact) mass is 329 g/mol. The van der Waals surface area contributed by atoms with Gasteiger partial charge in [-0.05, 0) is 35.9 Å². The second-order valence-electron chi connectivity index (χ2n) is 4.27. The van der Waals surface area contributed by atoms with E-state index in [0.29, 0.717) is 16.9 Å². The molecule has 0 bridgehead atoms. The first-order valence-corrected chi connectivity index (χ1v) is 6.71. The van der Waals surface area contributed by atoms with Gasteiger partial charge in [-0.2, -0.15) is 5.26 Å². The number of benzene rings is 2. The van der Waals surface area contributed by atoms with Crippen LogP contribution in [0.3, 0.4) is 0 Å². The van der Waals surface area contributed by atoms with E-state index in [9.17, 15) is 4.79 Å². The summed E-state index contributed by atoms with van der Waals surface area (Å²) in [7, 11) is 0. The van der Waals surface area contributed by atoms with E-state index < -0.39 is 0 Å². The number of nitrogens with one attached hydrogen (secondary N) is 1. The van der Waals surface area contributed by atoms with E-state index in [0.717, 1.165) is 10.0 Å². The third-order valence-corrected chi connectivity index (χ3v) is 3.20. The van der Waals surface area contributed by atoms with Crippen molar-refractivity contribution in [2.75, 3.05) is 11.1 Å². The van der Waals surface area contributed by atoms with Crippen LogP contribution < -0.4 is 11.1 Å². The molecule has 0 saturated carbocycles. The van der Waals surface area contributed by atoms with Crippen LogP contribution in [0.25, 0.3) is 0 Å². The first-order chi connectivity index (χ1) is 9.58. The van der Waals surface area contributed by atoms with Crippen molar-refractivity contribution in [2.24, 2.45) is 0 Å². The summed E-state index contributed by atoms with van der Waals surface area (Å²) in [6.07, 6.45) is 0.263. The van der Waals surface area contributed by atoms with Crippen LogP contribution in [0.4, 0.5) is 11.4 Å². The van der Waals surface area contributed by atoms with Crippen molar-refractivity contribution in [1.82, 2.24) is 0 Å². The lowest BCUT2D eigenvalue weighted by molar-refractivity contribution is -0.115. The van der Waals surface area contributed by atoms with Crippen LogP contribution in [-0.4, -0.2) is 5.91 Å². The summed E-state index contributed by atoms with van der Waals surface area (Å²) in [4.78, 5) is 12.0. The molecular weight excluding hydrogens is 318 g/mol. The molecule has 2 rings (SSSR count). The van der Waals surface area contributed by atoms with Crippen molar-refractivity contribution in [1.29, 1.82) is 5.26 Å². The summed E-state index contributed by atoms with van der Waals surface area (Å²) in [6, 6.07) is 14.3. The topological polar surface area (TPSA) is 78.9 Å². The highest BCUT2D eigenvalue weighted by atomic mass is 79.9. The molecular formula is C15H12BrN3O. The van der Waals surface area contributed by atoms with Gasteiger partial charge in [0.25, 0.3) is 0 Å². The minimum atomic E-state index is -0.153. The second kappa shape index (κ2) is 6.22. The Morgan fingerprint density at radius 2 is 2.10 bits per heavy atom. The van der Waals surface area contributed by atoms with E-state index in [1.807, 2.05) is 30.3 Å². The molecule has 2 aromatic carbocycles. The quantitative estimate of drug-likeness (QED) is 0.849. The molecule has 5 heteroatoms. The Kier molecular flexibility index (Phi) is 4.38. The van der Waals surface area contributed by atoms with Gasteiger partial charge in [0.2, 0.25) is 5.91 Å². The molecule has 20 heavy (non-hydrogen) atoms. The fourth-order valence-corrected chi connectivity index (χ4v) is 2.22. The molecule has 4 nitrogen and oxygen atoms in total. The third kappa shape index (κ3) is 3.59. The second-order valence-corrected chi connectivity index (χ2v) is 5.18. The fourth-order valence-electron chi connectivity index (χ4n) is 1.77. The predicted octanol–water partition coefficient (Wildman–Crippen LogP) is 3.08. The van der Waals surface area contributed by atoms with E-state index in [4.69, 9.17) is 11.0 Å². The highest BCUT2D eigenvalue weighted by Crippen LogP contribution is 2.20. The Labute approximate surface area is 125 Å². The van der Waals surface area contributed by atoms with Gasteiger partial charge in [0.05, 0.1) is 29.4 Å². The van der Waals surface area contributed by atoms with Crippen LogP contribution in [0, 0.1) is 11.3 Å². The fraction of sp³-hybridized carbons (Fsp3) is 0.0667. The number of rotatable bonds is 3. The number of hydrogen-bond acceptors (Lipinski definition) is 3. The normalized spacial score (nSPS) is 9.80. The Bertz CT molecular complexity index is 692. The minimum absolute atomic E-state index is 0.153. The summed E-state index contributed by atoms with van der Waals surface area (Å²) in [5.74, 6) is -0.153. The predicted molar refractivity (Wildman–Crippen MR) is 82.0 cm³/mol. The van der Waals surface area contributed by atoms with Crippen molar-refractivity contribution >= 4 is 33.2 Å². The van der Waals surface area contributed by atoms with Gasteiger partial charge in [-0.25, -0.2) is 0 Å². The first kappa shape index (κ1) is 14.1. The van der Waals surface area contributed by atoms with Crippen molar-refractivity contribution in [3.63, 3.8) is 0 Å². The van der Waals surface area contributed by atoms with Crippen LogP contribution in [0.15, 0.2) is 46.9 Å². The molecule has 0 heterocycles. The number of nitrogens with zero attached hydrogens (tertiary/aromatic N) is 1. The number of carbonyl (C=O) groups is 1. The van der Waals surface area contributed by atoms with Gasteiger partial charge < -0.3 is 11.1 Å². The summed E-state index contributed by atoms with van der Waals surface area (Å²) in [6.45, 7) is 0. The molecule has 1 amide bonds. The lowest BCUT2D eigenvalue weighted by Crippen LogP contribution is -2.15. The average molecular weight is 330 g/mol. The number of carbonyl (C=O) groups excluding carboxylic acids is 1. The first-order valence-electron chi connectivity index (χ1n) is 5.92. The van der Waals surface area contributed by atoms with Gasteiger partial charge in [0.15, 0.2) is 0 Å². The molecule has 0 aliphatic rings. The highest BCUT2D eigenvalue weighted by Gasteiger charge is 2.07. The van der Waals surface area contributed by atoms with Gasteiger partial charge in [0, 0.05) is 4.47 Å². The van der Waals surface area contributed by atoms with Crippen molar-refractivity contribution in [3.05, 3.63) is 58.1 Å². The molecule has 2 aromatic rings. The molecule has 0 spiro atoms. The third-order valence-electron chi connectivity index (χ3n) is 2.71. The van der Waals surface area contributed by atoms with E-state index in [1.165, 1.54) is 6.07 Å². The number of hydrogen-bond donors (Lipinski definition) is 2. The van der Waals surface area contributed by atoms with Crippen LogP contribution in [0.2, 0.25) is 0 Å². The van der Waals surface area contributed by atoms with Crippen molar-refractivity contribution < 1.29 is 4.79 Å². The molecule has 0 saturated heterocycles. The molecule has 0 aliphatic heterocycles. The maximum absolute atomic E-state index is 12.0. The number of nitrogen functional groups attached to an aromatic ring is 1. The van der Waals surface area contributed by atoms with Gasteiger partial charge in [-0.15, -0.1) is 0 Å². The van der Waals surface area contributed by atoms with Crippen LogP contribution in [0.5, 0.6) is 0 Å². The Hall–Kier alpha value is -2.32. The summed E-state index contributed by atoms with van der Waals surface area (Å²) < 4.78 is 0.931. The Morgan fingerprint density at radius 3 is 2.75 bits per heavy atom. The number of anilines is 2. The number of halogens is 1. The maximum atomic E-state index is 12.0. The molecule has 100 valence electrons. The van der Waals surface area contributed by atoms with Gasteiger partial charge in [0.1, 0.15) is 0 Å². The van der Waals surface area contributed by atoms with Gasteiger partial charge in [-0.3, -0.25) is 4.79 Å². The van der Waals surface area contributed by atoms with Crippen molar-refractivity contribution in [2.45, 2.75) is 6.42 Å². The average Bonchev–Trinajstić information content (AvgIpc) is 2.41. The SMILES string of the molecule is N#Cc1ccc(NC(=O)Cc2cccc(Br)c2)c(N)c1. The molecule has 3 N–H and O–H groups in total. The molecule has 0 radical (unpaired) electrons. The summed E-state index contributed by atoms with van der Waals surface area (Å²) >= 11 is 3.36. The molecule has 0 atom stereocenters. The smallest absolute Gasteiger partial charge is 0.228 e. The van der Waals surface area contributed by atoms with Crippen molar-refractivity contribution in [3.8, 4) is 6.07 Å². The van der Waals surface area contributed by atoms with E-state index >= 15 is 0 Å². The zero-order chi connectivity index (χ0) is 14.5. The van der Waals surface area contributed by atoms with E-state index in [2.05, 4.69) is 21.2 Å². The van der Waals surface area contributed by atoms with Crippen LogP contribution >= 0.6 is 15.9 Å². The Balaban J connectivity index is 2.07. The standard InChI is InChI=1S/C15H12BrN3O/c16-12-3-1-2-10(6-12)8-15(20)19-14-5-4-11(9-17)7-13(14)18/h1-7H,8,18H2,(H,19,20). The molecule has 0 aliphatic carbocycles. The summed E-state index contributed by atoms with van der Waals surface area (Å²) in [5, 5.41) is 11.5. The molecule has 0 aromatic heterocycles. The van der Waals surface area contributed by atoms with Crippen LogP contribution in [0.1, 0.15) is 11.1 Å². The lowest BCUT2D eigenvalue weighted by Gasteiger charge is -2.08. The largest absolute Gasteiger partial charge is 0.397 e.